The summed E-state index contributed by atoms with van der Waals surface area (Å²) in [6.07, 6.45) is 5.08. The highest BCUT2D eigenvalue weighted by atomic mass is 16.3. The van der Waals surface area contributed by atoms with Crippen molar-refractivity contribution in [2.75, 3.05) is 26.2 Å². The number of carbonyl (C=O) groups excluding carboxylic acids is 1. The summed E-state index contributed by atoms with van der Waals surface area (Å²) in [5.74, 6) is 0.397. The van der Waals surface area contributed by atoms with E-state index in [0.717, 1.165) is 29.6 Å². The number of furan rings is 1. The molecule has 0 unspecified atom stereocenters. The van der Waals surface area contributed by atoms with E-state index in [0.29, 0.717) is 11.2 Å². The van der Waals surface area contributed by atoms with Crippen LogP contribution < -0.4 is 5.32 Å². The number of rotatable bonds is 5. The van der Waals surface area contributed by atoms with Crippen molar-refractivity contribution in [2.24, 2.45) is 5.41 Å². The van der Waals surface area contributed by atoms with E-state index in [1.165, 1.54) is 49.9 Å². The van der Waals surface area contributed by atoms with Crippen molar-refractivity contribution in [1.82, 2.24) is 10.2 Å². The fourth-order valence-electron chi connectivity index (χ4n) is 4.02. The van der Waals surface area contributed by atoms with Gasteiger partial charge >= 0.3 is 0 Å². The Labute approximate surface area is 149 Å². The zero-order chi connectivity index (χ0) is 17.6. The lowest BCUT2D eigenvalue weighted by molar-refractivity contribution is 0.0913. The van der Waals surface area contributed by atoms with E-state index in [-0.39, 0.29) is 5.91 Å². The molecule has 1 N–H and O–H groups in total. The SMILES string of the molecule is Cc1cc2oc(C(=O)NCC3(CN4CCCC4)CC3)c(C)c2cc1C. The first-order chi connectivity index (χ1) is 12.0. The van der Waals surface area contributed by atoms with Crippen molar-refractivity contribution in [3.8, 4) is 0 Å². The smallest absolute Gasteiger partial charge is 0.287 e. The molecular weight excluding hydrogens is 312 g/mol. The Balaban J connectivity index is 1.46. The molecule has 0 atom stereocenters. The van der Waals surface area contributed by atoms with Crippen molar-refractivity contribution < 1.29 is 9.21 Å². The van der Waals surface area contributed by atoms with Crippen molar-refractivity contribution in [3.05, 3.63) is 34.6 Å². The van der Waals surface area contributed by atoms with E-state index < -0.39 is 0 Å². The van der Waals surface area contributed by atoms with E-state index in [1.54, 1.807) is 0 Å². The van der Waals surface area contributed by atoms with Gasteiger partial charge in [-0.2, -0.15) is 0 Å². The van der Waals surface area contributed by atoms with Gasteiger partial charge in [0.1, 0.15) is 5.58 Å². The maximum atomic E-state index is 12.7. The Kier molecular flexibility index (Phi) is 4.11. The molecule has 1 saturated carbocycles. The summed E-state index contributed by atoms with van der Waals surface area (Å²) in [5, 5.41) is 4.19. The molecule has 1 aliphatic carbocycles. The minimum atomic E-state index is -0.0725. The molecular formula is C21H28N2O2. The zero-order valence-corrected chi connectivity index (χ0v) is 15.6. The van der Waals surface area contributed by atoms with Crippen molar-refractivity contribution >= 4 is 16.9 Å². The van der Waals surface area contributed by atoms with Crippen LogP contribution in [0.15, 0.2) is 16.5 Å². The van der Waals surface area contributed by atoms with Crippen LogP contribution in [0.4, 0.5) is 0 Å². The summed E-state index contributed by atoms with van der Waals surface area (Å²) in [7, 11) is 0. The van der Waals surface area contributed by atoms with Crippen molar-refractivity contribution in [1.29, 1.82) is 0 Å². The van der Waals surface area contributed by atoms with Gasteiger partial charge in [-0.25, -0.2) is 0 Å². The lowest BCUT2D eigenvalue weighted by Crippen LogP contribution is -2.37. The topological polar surface area (TPSA) is 45.5 Å². The molecule has 4 heteroatoms. The third-order valence-corrected chi connectivity index (χ3v) is 6.10. The lowest BCUT2D eigenvalue weighted by Gasteiger charge is -2.23. The number of benzene rings is 1. The Morgan fingerprint density at radius 3 is 2.52 bits per heavy atom. The molecule has 0 bridgehead atoms. The minimum absolute atomic E-state index is 0.0725. The number of nitrogens with one attached hydrogen (secondary N) is 1. The van der Waals surface area contributed by atoms with Gasteiger partial charge < -0.3 is 14.6 Å². The molecule has 1 saturated heterocycles. The quantitative estimate of drug-likeness (QED) is 0.896. The third kappa shape index (κ3) is 3.20. The highest BCUT2D eigenvalue weighted by Crippen LogP contribution is 2.46. The molecule has 1 aromatic carbocycles. The van der Waals surface area contributed by atoms with Crippen LogP contribution in [0, 0.1) is 26.2 Å². The number of fused-ring (bicyclic) bond motifs is 1. The fraction of sp³-hybridized carbons (Fsp3) is 0.571. The number of nitrogens with zero attached hydrogens (tertiary/aromatic N) is 1. The van der Waals surface area contributed by atoms with Crippen LogP contribution in [0.5, 0.6) is 0 Å². The summed E-state index contributed by atoms with van der Waals surface area (Å²) < 4.78 is 5.89. The van der Waals surface area contributed by atoms with Gasteiger partial charge in [0.05, 0.1) is 0 Å². The van der Waals surface area contributed by atoms with Gasteiger partial charge in [0.25, 0.3) is 5.91 Å². The zero-order valence-electron chi connectivity index (χ0n) is 15.6. The van der Waals surface area contributed by atoms with Gasteiger partial charge in [0.15, 0.2) is 5.76 Å². The molecule has 2 fully saturated rings. The van der Waals surface area contributed by atoms with Gasteiger partial charge in [-0.3, -0.25) is 4.79 Å². The minimum Gasteiger partial charge on any atom is -0.451 e. The average molecular weight is 340 g/mol. The van der Waals surface area contributed by atoms with E-state index in [9.17, 15) is 4.79 Å². The normalized spacial score (nSPS) is 19.5. The summed E-state index contributed by atoms with van der Waals surface area (Å²) in [6.45, 7) is 10.5. The third-order valence-electron chi connectivity index (χ3n) is 6.10. The largest absolute Gasteiger partial charge is 0.451 e. The predicted octanol–water partition coefficient (Wildman–Crippen LogP) is 3.96. The van der Waals surface area contributed by atoms with Crippen molar-refractivity contribution in [2.45, 2.75) is 46.5 Å². The second-order valence-electron chi connectivity index (χ2n) is 8.15. The predicted molar refractivity (Wildman–Crippen MR) is 100 cm³/mol. The number of likely N-dealkylation sites (tertiary alicyclic amines) is 1. The maximum Gasteiger partial charge on any atom is 0.287 e. The molecule has 25 heavy (non-hydrogen) atoms. The number of aryl methyl sites for hydroxylation is 3. The van der Waals surface area contributed by atoms with Crippen molar-refractivity contribution in [3.63, 3.8) is 0 Å². The highest BCUT2D eigenvalue weighted by Gasteiger charge is 2.44. The number of hydrogen-bond donors (Lipinski definition) is 1. The van der Waals surface area contributed by atoms with Crippen LogP contribution in [0.25, 0.3) is 11.0 Å². The number of amides is 1. The van der Waals surface area contributed by atoms with Gasteiger partial charge in [-0.05, 0) is 82.8 Å². The van der Waals surface area contributed by atoms with Crippen LogP contribution in [0.1, 0.15) is 52.9 Å². The van der Waals surface area contributed by atoms with Crippen LogP contribution in [0.2, 0.25) is 0 Å². The van der Waals surface area contributed by atoms with E-state index in [4.69, 9.17) is 4.42 Å². The molecule has 134 valence electrons. The molecule has 1 amide bonds. The summed E-state index contributed by atoms with van der Waals surface area (Å²) in [4.78, 5) is 15.3. The van der Waals surface area contributed by atoms with Crippen LogP contribution >= 0.6 is 0 Å². The Morgan fingerprint density at radius 1 is 1.16 bits per heavy atom. The molecule has 4 nitrogen and oxygen atoms in total. The molecule has 0 radical (unpaired) electrons. The Morgan fingerprint density at radius 2 is 1.84 bits per heavy atom. The number of carbonyl (C=O) groups is 1. The maximum absolute atomic E-state index is 12.7. The van der Waals surface area contributed by atoms with Gasteiger partial charge in [-0.15, -0.1) is 0 Å². The van der Waals surface area contributed by atoms with Crippen LogP contribution in [-0.4, -0.2) is 37.0 Å². The molecule has 0 spiro atoms. The van der Waals surface area contributed by atoms with E-state index >= 15 is 0 Å². The summed E-state index contributed by atoms with van der Waals surface area (Å²) >= 11 is 0. The standard InChI is InChI=1S/C21H28N2O2/c1-14-10-17-16(3)19(25-18(17)11-15(14)2)20(24)22-12-21(6-7-21)13-23-8-4-5-9-23/h10-11H,4-9,12-13H2,1-3H3,(H,22,24). The second-order valence-corrected chi connectivity index (χ2v) is 8.15. The summed E-state index contributed by atoms with van der Waals surface area (Å²) in [5.41, 5.74) is 4.47. The Bertz CT molecular complexity index is 811. The summed E-state index contributed by atoms with van der Waals surface area (Å²) in [6, 6.07) is 4.15. The lowest BCUT2D eigenvalue weighted by atomic mass is 10.0. The second kappa shape index (κ2) is 6.17. The van der Waals surface area contributed by atoms with Crippen LogP contribution in [0.3, 0.4) is 0 Å². The first-order valence-electron chi connectivity index (χ1n) is 9.48. The molecule has 4 rings (SSSR count). The van der Waals surface area contributed by atoms with E-state index in [1.807, 2.05) is 13.0 Å². The molecule has 2 aromatic rings. The van der Waals surface area contributed by atoms with Gasteiger partial charge in [0, 0.05) is 29.5 Å². The van der Waals surface area contributed by atoms with Crippen LogP contribution in [-0.2, 0) is 0 Å². The van der Waals surface area contributed by atoms with Gasteiger partial charge in [0.2, 0.25) is 0 Å². The van der Waals surface area contributed by atoms with E-state index in [2.05, 4.69) is 30.1 Å². The monoisotopic (exact) mass is 340 g/mol. The van der Waals surface area contributed by atoms with Gasteiger partial charge in [-0.1, -0.05) is 0 Å². The fourth-order valence-corrected chi connectivity index (χ4v) is 4.02. The highest BCUT2D eigenvalue weighted by molar-refractivity contribution is 5.99. The first-order valence-corrected chi connectivity index (χ1v) is 9.48. The molecule has 2 aliphatic rings. The molecule has 2 heterocycles. The first kappa shape index (κ1) is 16.6. The Hall–Kier alpha value is -1.81. The average Bonchev–Trinajstić information content (AvgIpc) is 3.00. The molecule has 1 aromatic heterocycles. The molecule has 1 aliphatic heterocycles. The number of hydrogen-bond acceptors (Lipinski definition) is 3.